The molecule has 22 heavy (non-hydrogen) atoms. The molecule has 3 rings (SSSR count). The number of aryl methyl sites for hydroxylation is 2. The van der Waals surface area contributed by atoms with E-state index in [0.29, 0.717) is 17.8 Å². The molecule has 3 aromatic rings. The molecule has 0 aliphatic rings. The van der Waals surface area contributed by atoms with E-state index in [1.165, 1.54) is 6.20 Å². The number of esters is 1. The standard InChI is InChI=1S/C14H16N6O2/c1-10-15-3-4-20(10)5-6-22-14(21)12-8-16-18-13(12)11-7-17-19(2)9-11/h3-4,7-9H,5-6H2,1-2H3,(H,16,18). The van der Waals surface area contributed by atoms with E-state index in [2.05, 4.69) is 20.3 Å². The van der Waals surface area contributed by atoms with E-state index in [0.717, 1.165) is 11.4 Å². The van der Waals surface area contributed by atoms with Crippen molar-refractivity contribution >= 4 is 5.97 Å². The molecule has 0 aromatic carbocycles. The Kier molecular flexibility index (Phi) is 3.73. The fourth-order valence-corrected chi connectivity index (χ4v) is 2.17. The van der Waals surface area contributed by atoms with Crippen molar-refractivity contribution in [3.8, 4) is 11.3 Å². The van der Waals surface area contributed by atoms with Crippen LogP contribution >= 0.6 is 0 Å². The topological polar surface area (TPSA) is 90.6 Å². The fourth-order valence-electron chi connectivity index (χ4n) is 2.17. The highest BCUT2D eigenvalue weighted by atomic mass is 16.5. The van der Waals surface area contributed by atoms with Crippen molar-refractivity contribution in [1.82, 2.24) is 29.5 Å². The van der Waals surface area contributed by atoms with E-state index in [4.69, 9.17) is 4.74 Å². The molecule has 0 amide bonds. The molecule has 0 spiro atoms. The number of aromatic amines is 1. The van der Waals surface area contributed by atoms with Gasteiger partial charge in [0, 0.05) is 31.2 Å². The molecule has 1 N–H and O–H groups in total. The Hall–Kier alpha value is -2.90. The van der Waals surface area contributed by atoms with Crippen molar-refractivity contribution in [3.05, 3.63) is 42.4 Å². The number of carbonyl (C=O) groups excluding carboxylic acids is 1. The normalized spacial score (nSPS) is 10.8. The summed E-state index contributed by atoms with van der Waals surface area (Å²) < 4.78 is 8.89. The molecule has 0 saturated carbocycles. The van der Waals surface area contributed by atoms with Crippen LogP contribution in [-0.2, 0) is 18.3 Å². The van der Waals surface area contributed by atoms with Crippen LogP contribution in [0, 0.1) is 6.92 Å². The minimum absolute atomic E-state index is 0.272. The number of hydrogen-bond donors (Lipinski definition) is 1. The molecule has 0 saturated heterocycles. The molecule has 8 nitrogen and oxygen atoms in total. The van der Waals surface area contributed by atoms with E-state index in [1.807, 2.05) is 24.7 Å². The lowest BCUT2D eigenvalue weighted by Gasteiger charge is -2.06. The average Bonchev–Trinajstić information content (AvgIpc) is 3.20. The number of nitrogens with one attached hydrogen (secondary N) is 1. The van der Waals surface area contributed by atoms with Crippen LogP contribution < -0.4 is 0 Å². The summed E-state index contributed by atoms with van der Waals surface area (Å²) in [6, 6.07) is 0. The fraction of sp³-hybridized carbons (Fsp3) is 0.286. The second-order valence-electron chi connectivity index (χ2n) is 4.87. The first kappa shape index (κ1) is 14.1. The maximum absolute atomic E-state index is 12.2. The van der Waals surface area contributed by atoms with Gasteiger partial charge in [0.1, 0.15) is 18.0 Å². The molecular formula is C14H16N6O2. The van der Waals surface area contributed by atoms with Crippen molar-refractivity contribution in [2.75, 3.05) is 6.61 Å². The van der Waals surface area contributed by atoms with Crippen LogP contribution in [0.4, 0.5) is 0 Å². The largest absolute Gasteiger partial charge is 0.460 e. The number of rotatable bonds is 5. The second kappa shape index (κ2) is 5.84. The van der Waals surface area contributed by atoms with Crippen molar-refractivity contribution < 1.29 is 9.53 Å². The summed E-state index contributed by atoms with van der Waals surface area (Å²) in [6.07, 6.45) is 8.50. The third-order valence-corrected chi connectivity index (χ3v) is 3.34. The Bertz CT molecular complexity index is 785. The van der Waals surface area contributed by atoms with Gasteiger partial charge in [-0.05, 0) is 6.92 Å². The summed E-state index contributed by atoms with van der Waals surface area (Å²) in [4.78, 5) is 16.3. The molecule has 0 radical (unpaired) electrons. The predicted octanol–water partition coefficient (Wildman–Crippen LogP) is 1.17. The number of hydrogen-bond acceptors (Lipinski definition) is 5. The first-order valence-corrected chi connectivity index (χ1v) is 6.82. The second-order valence-corrected chi connectivity index (χ2v) is 4.87. The van der Waals surface area contributed by atoms with Gasteiger partial charge in [-0.2, -0.15) is 10.2 Å². The lowest BCUT2D eigenvalue weighted by molar-refractivity contribution is 0.0491. The Morgan fingerprint density at radius 1 is 1.41 bits per heavy atom. The zero-order valence-corrected chi connectivity index (χ0v) is 12.4. The van der Waals surface area contributed by atoms with Crippen LogP contribution in [0.15, 0.2) is 31.0 Å². The van der Waals surface area contributed by atoms with Crippen LogP contribution in [0.5, 0.6) is 0 Å². The molecule has 0 unspecified atom stereocenters. The summed E-state index contributed by atoms with van der Waals surface area (Å²) in [7, 11) is 1.81. The number of H-pyrrole nitrogens is 1. The number of aromatic nitrogens is 6. The van der Waals surface area contributed by atoms with Crippen LogP contribution in [0.25, 0.3) is 11.3 Å². The van der Waals surface area contributed by atoms with Crippen molar-refractivity contribution in [2.45, 2.75) is 13.5 Å². The van der Waals surface area contributed by atoms with Crippen LogP contribution in [0.1, 0.15) is 16.2 Å². The molecule has 0 aliphatic carbocycles. The molecule has 0 aliphatic heterocycles. The highest BCUT2D eigenvalue weighted by Crippen LogP contribution is 2.20. The Morgan fingerprint density at radius 2 is 2.27 bits per heavy atom. The van der Waals surface area contributed by atoms with Crippen molar-refractivity contribution in [2.24, 2.45) is 7.05 Å². The SMILES string of the molecule is Cc1nccn1CCOC(=O)c1cn[nH]c1-c1cnn(C)c1. The van der Waals surface area contributed by atoms with Crippen LogP contribution in [0.3, 0.4) is 0 Å². The third-order valence-electron chi connectivity index (χ3n) is 3.34. The number of nitrogens with zero attached hydrogens (tertiary/aromatic N) is 5. The minimum Gasteiger partial charge on any atom is -0.460 e. The van der Waals surface area contributed by atoms with Crippen LogP contribution in [0.2, 0.25) is 0 Å². The predicted molar refractivity (Wildman–Crippen MR) is 78.0 cm³/mol. The zero-order chi connectivity index (χ0) is 15.5. The van der Waals surface area contributed by atoms with Gasteiger partial charge in [-0.15, -0.1) is 0 Å². The molecule has 3 heterocycles. The summed E-state index contributed by atoms with van der Waals surface area (Å²) in [5, 5.41) is 10.8. The van der Waals surface area contributed by atoms with Gasteiger partial charge in [0.2, 0.25) is 0 Å². The molecule has 0 atom stereocenters. The Labute approximate surface area is 126 Å². The van der Waals surface area contributed by atoms with Crippen LogP contribution in [-0.4, -0.2) is 42.1 Å². The lowest BCUT2D eigenvalue weighted by atomic mass is 10.1. The van der Waals surface area contributed by atoms with Crippen molar-refractivity contribution in [3.63, 3.8) is 0 Å². The highest BCUT2D eigenvalue weighted by molar-refractivity contribution is 5.95. The van der Waals surface area contributed by atoms with Gasteiger partial charge in [0.05, 0.1) is 24.6 Å². The molecular weight excluding hydrogens is 284 g/mol. The summed E-state index contributed by atoms with van der Waals surface area (Å²) in [5.41, 5.74) is 1.80. The first-order valence-electron chi connectivity index (χ1n) is 6.82. The van der Waals surface area contributed by atoms with Gasteiger partial charge < -0.3 is 9.30 Å². The Morgan fingerprint density at radius 3 is 2.95 bits per heavy atom. The molecule has 0 bridgehead atoms. The molecule has 0 fully saturated rings. The van der Waals surface area contributed by atoms with Gasteiger partial charge in [-0.1, -0.05) is 0 Å². The van der Waals surface area contributed by atoms with Gasteiger partial charge in [-0.3, -0.25) is 9.78 Å². The monoisotopic (exact) mass is 300 g/mol. The number of ether oxygens (including phenoxy) is 1. The van der Waals surface area contributed by atoms with E-state index >= 15 is 0 Å². The maximum atomic E-state index is 12.2. The summed E-state index contributed by atoms with van der Waals surface area (Å²) in [5.74, 6) is 0.473. The Balaban J connectivity index is 1.66. The molecule has 3 aromatic heterocycles. The highest BCUT2D eigenvalue weighted by Gasteiger charge is 2.17. The minimum atomic E-state index is -0.412. The van der Waals surface area contributed by atoms with Gasteiger partial charge >= 0.3 is 5.97 Å². The van der Waals surface area contributed by atoms with E-state index in [9.17, 15) is 4.79 Å². The smallest absolute Gasteiger partial charge is 0.342 e. The summed E-state index contributed by atoms with van der Waals surface area (Å²) in [6.45, 7) is 2.74. The number of carbonyl (C=O) groups is 1. The quantitative estimate of drug-likeness (QED) is 0.714. The molecule has 8 heteroatoms. The van der Waals surface area contributed by atoms with E-state index in [1.54, 1.807) is 23.3 Å². The van der Waals surface area contributed by atoms with E-state index in [-0.39, 0.29) is 6.61 Å². The third kappa shape index (κ3) is 2.76. The first-order chi connectivity index (χ1) is 10.6. The van der Waals surface area contributed by atoms with E-state index < -0.39 is 5.97 Å². The number of imidazole rings is 1. The maximum Gasteiger partial charge on any atom is 0.342 e. The zero-order valence-electron chi connectivity index (χ0n) is 12.4. The van der Waals surface area contributed by atoms with Gasteiger partial charge in [-0.25, -0.2) is 9.78 Å². The lowest BCUT2D eigenvalue weighted by Crippen LogP contribution is -2.12. The van der Waals surface area contributed by atoms with Gasteiger partial charge in [0.15, 0.2) is 0 Å². The summed E-state index contributed by atoms with van der Waals surface area (Å²) >= 11 is 0. The average molecular weight is 300 g/mol. The molecule has 114 valence electrons. The van der Waals surface area contributed by atoms with Crippen molar-refractivity contribution in [1.29, 1.82) is 0 Å². The van der Waals surface area contributed by atoms with Gasteiger partial charge in [0.25, 0.3) is 0 Å².